The number of Topliss-reactive ketones (excluding diaryl/α,β-unsaturated/α-hetero) is 1. The molecule has 0 bridgehead atoms. The van der Waals surface area contributed by atoms with Crippen LogP contribution in [0.15, 0.2) is 11.0 Å². The molecule has 0 fully saturated rings. The molecule has 0 heterocycles. The molecule has 0 amide bonds. The van der Waals surface area contributed by atoms with Crippen LogP contribution in [-0.4, -0.2) is 39.9 Å². The van der Waals surface area contributed by atoms with Crippen LogP contribution in [0.1, 0.15) is 10.4 Å². The maximum absolute atomic E-state index is 13.9. The van der Waals surface area contributed by atoms with E-state index in [-0.39, 0.29) is 29.4 Å². The molecule has 0 aliphatic carbocycles. The largest absolute Gasteiger partial charge is 0.492 e. The van der Waals surface area contributed by atoms with Crippen molar-refractivity contribution in [3.63, 3.8) is 0 Å². The highest BCUT2D eigenvalue weighted by molar-refractivity contribution is 7.98. The first-order valence-corrected chi connectivity index (χ1v) is 6.49. The lowest BCUT2D eigenvalue weighted by atomic mass is 10.1. The predicted molar refractivity (Wildman–Crippen MR) is 69.5 cm³/mol. The Morgan fingerprint density at radius 1 is 1.39 bits per heavy atom. The number of carbonyl (C=O) groups excluding carboxylic acids is 1. The number of hydrogen-bond acceptors (Lipinski definition) is 5. The molecule has 0 saturated heterocycles. The molecule has 1 aromatic rings. The van der Waals surface area contributed by atoms with E-state index >= 15 is 0 Å². The fourth-order valence-corrected chi connectivity index (χ4v) is 2.25. The second kappa shape index (κ2) is 6.61. The number of ketones is 1. The van der Waals surface area contributed by atoms with Crippen molar-refractivity contribution in [2.75, 3.05) is 34.1 Å². The van der Waals surface area contributed by atoms with Gasteiger partial charge in [0.05, 0.1) is 31.2 Å². The van der Waals surface area contributed by atoms with Crippen molar-refractivity contribution >= 4 is 17.5 Å². The van der Waals surface area contributed by atoms with Crippen molar-refractivity contribution < 1.29 is 18.7 Å². The first-order chi connectivity index (χ1) is 8.60. The molecule has 0 radical (unpaired) electrons. The minimum absolute atomic E-state index is 0.109. The Balaban J connectivity index is 3.44. The first kappa shape index (κ1) is 14.8. The van der Waals surface area contributed by atoms with Crippen molar-refractivity contribution in [3.05, 3.63) is 17.4 Å². The highest BCUT2D eigenvalue weighted by Crippen LogP contribution is 2.41. The van der Waals surface area contributed by atoms with Gasteiger partial charge in [-0.2, -0.15) is 0 Å². The molecule has 0 aliphatic rings. The third kappa shape index (κ3) is 2.76. The molecule has 1 rings (SSSR count). The Labute approximate surface area is 110 Å². The molecule has 0 aliphatic heterocycles. The SMILES string of the molecule is CNCC(=O)c1cc(F)c(SC)c(OC)c1OC. The van der Waals surface area contributed by atoms with Gasteiger partial charge in [0, 0.05) is 0 Å². The summed E-state index contributed by atoms with van der Waals surface area (Å²) < 4.78 is 24.2. The molecule has 0 aromatic heterocycles. The number of benzene rings is 1. The zero-order valence-electron chi connectivity index (χ0n) is 10.8. The fraction of sp³-hybridized carbons (Fsp3) is 0.417. The second-order valence-corrected chi connectivity index (χ2v) is 4.28. The lowest BCUT2D eigenvalue weighted by Crippen LogP contribution is -2.19. The van der Waals surface area contributed by atoms with E-state index in [0.29, 0.717) is 4.90 Å². The molecule has 18 heavy (non-hydrogen) atoms. The number of rotatable bonds is 6. The molecule has 1 aromatic carbocycles. The van der Waals surface area contributed by atoms with Gasteiger partial charge in [0.15, 0.2) is 17.3 Å². The third-order valence-electron chi connectivity index (χ3n) is 2.40. The van der Waals surface area contributed by atoms with Gasteiger partial charge >= 0.3 is 0 Å². The summed E-state index contributed by atoms with van der Waals surface area (Å²) >= 11 is 1.20. The van der Waals surface area contributed by atoms with E-state index in [1.54, 1.807) is 13.3 Å². The van der Waals surface area contributed by atoms with Crippen molar-refractivity contribution in [1.29, 1.82) is 0 Å². The van der Waals surface area contributed by atoms with E-state index in [1.165, 1.54) is 32.0 Å². The summed E-state index contributed by atoms with van der Waals surface area (Å²) in [6, 6.07) is 1.19. The molecular weight excluding hydrogens is 257 g/mol. The number of halogens is 1. The molecule has 4 nitrogen and oxygen atoms in total. The molecule has 0 spiro atoms. The average molecular weight is 273 g/mol. The van der Waals surface area contributed by atoms with Crippen LogP contribution in [0.5, 0.6) is 11.5 Å². The summed E-state index contributed by atoms with van der Waals surface area (Å²) in [6.07, 6.45) is 1.73. The zero-order valence-corrected chi connectivity index (χ0v) is 11.6. The maximum Gasteiger partial charge on any atom is 0.180 e. The standard InChI is InChI=1S/C12H16FNO3S/c1-14-6-9(15)7-5-8(13)12(18-4)11(17-3)10(7)16-2/h5,14H,6H2,1-4H3. The Morgan fingerprint density at radius 3 is 2.44 bits per heavy atom. The number of carbonyl (C=O) groups is 1. The van der Waals surface area contributed by atoms with Crippen LogP contribution in [0.2, 0.25) is 0 Å². The summed E-state index contributed by atoms with van der Waals surface area (Å²) in [4.78, 5) is 12.2. The van der Waals surface area contributed by atoms with Crippen LogP contribution < -0.4 is 14.8 Å². The Morgan fingerprint density at radius 2 is 2.00 bits per heavy atom. The van der Waals surface area contributed by atoms with Gasteiger partial charge in [-0.15, -0.1) is 11.8 Å². The van der Waals surface area contributed by atoms with Crippen LogP contribution in [0, 0.1) is 5.82 Å². The molecule has 0 saturated carbocycles. The van der Waals surface area contributed by atoms with E-state index < -0.39 is 5.82 Å². The van der Waals surface area contributed by atoms with E-state index in [4.69, 9.17) is 9.47 Å². The van der Waals surface area contributed by atoms with Crippen molar-refractivity contribution in [2.45, 2.75) is 4.90 Å². The lowest BCUT2D eigenvalue weighted by Gasteiger charge is -2.15. The Hall–Kier alpha value is -1.27. The monoisotopic (exact) mass is 273 g/mol. The van der Waals surface area contributed by atoms with Crippen molar-refractivity contribution in [2.24, 2.45) is 0 Å². The normalized spacial score (nSPS) is 10.3. The molecule has 6 heteroatoms. The summed E-state index contributed by atoms with van der Waals surface area (Å²) in [7, 11) is 4.49. The third-order valence-corrected chi connectivity index (χ3v) is 3.18. The van der Waals surface area contributed by atoms with Crippen LogP contribution in [0.3, 0.4) is 0 Å². The smallest absolute Gasteiger partial charge is 0.180 e. The predicted octanol–water partition coefficient (Wildman–Crippen LogP) is 1.97. The second-order valence-electron chi connectivity index (χ2n) is 3.46. The van der Waals surface area contributed by atoms with Crippen molar-refractivity contribution in [1.82, 2.24) is 5.32 Å². The number of methoxy groups -OCH3 is 2. The summed E-state index contributed by atoms with van der Waals surface area (Å²) in [5.74, 6) is -0.216. The first-order valence-electron chi connectivity index (χ1n) is 5.26. The van der Waals surface area contributed by atoms with Gasteiger partial charge in [-0.1, -0.05) is 0 Å². The van der Waals surface area contributed by atoms with E-state index in [0.717, 1.165) is 0 Å². The van der Waals surface area contributed by atoms with Gasteiger partial charge in [-0.3, -0.25) is 4.79 Å². The minimum Gasteiger partial charge on any atom is -0.492 e. The van der Waals surface area contributed by atoms with E-state index in [9.17, 15) is 9.18 Å². The number of nitrogens with one attached hydrogen (secondary N) is 1. The van der Waals surface area contributed by atoms with Crippen LogP contribution in [0.4, 0.5) is 4.39 Å². The number of ether oxygens (including phenoxy) is 2. The quantitative estimate of drug-likeness (QED) is 0.634. The molecule has 100 valence electrons. The number of hydrogen-bond donors (Lipinski definition) is 1. The molecule has 1 N–H and O–H groups in total. The van der Waals surface area contributed by atoms with Crippen LogP contribution in [0.25, 0.3) is 0 Å². The zero-order chi connectivity index (χ0) is 13.7. The minimum atomic E-state index is -0.486. The fourth-order valence-electron chi connectivity index (χ4n) is 1.63. The van der Waals surface area contributed by atoms with Gasteiger partial charge in [0.25, 0.3) is 0 Å². The highest BCUT2D eigenvalue weighted by Gasteiger charge is 2.23. The maximum atomic E-state index is 13.9. The Kier molecular flexibility index (Phi) is 5.43. The van der Waals surface area contributed by atoms with Gasteiger partial charge in [0.2, 0.25) is 0 Å². The topological polar surface area (TPSA) is 47.6 Å². The molecule has 0 unspecified atom stereocenters. The van der Waals surface area contributed by atoms with Gasteiger partial charge in [0.1, 0.15) is 5.82 Å². The molecular formula is C12H16FNO3S. The number of likely N-dealkylation sites (N-methyl/N-ethyl adjacent to an activating group) is 1. The number of thioether (sulfide) groups is 1. The molecule has 0 atom stereocenters. The lowest BCUT2D eigenvalue weighted by molar-refractivity contribution is 0.0989. The van der Waals surface area contributed by atoms with Crippen molar-refractivity contribution in [3.8, 4) is 11.5 Å². The van der Waals surface area contributed by atoms with Gasteiger partial charge in [-0.05, 0) is 19.4 Å². The van der Waals surface area contributed by atoms with Crippen LogP contribution in [-0.2, 0) is 0 Å². The Bertz CT molecular complexity index is 451. The summed E-state index contributed by atoms with van der Waals surface area (Å²) in [5, 5.41) is 2.73. The highest BCUT2D eigenvalue weighted by atomic mass is 32.2. The van der Waals surface area contributed by atoms with Crippen LogP contribution >= 0.6 is 11.8 Å². The van der Waals surface area contributed by atoms with Gasteiger partial charge in [-0.25, -0.2) is 4.39 Å². The van der Waals surface area contributed by atoms with E-state index in [1.807, 2.05) is 0 Å². The summed E-state index contributed by atoms with van der Waals surface area (Å²) in [5.41, 5.74) is 0.180. The van der Waals surface area contributed by atoms with E-state index in [2.05, 4.69) is 5.32 Å². The summed E-state index contributed by atoms with van der Waals surface area (Å²) in [6.45, 7) is 0.109. The average Bonchev–Trinajstić information content (AvgIpc) is 2.37. The van der Waals surface area contributed by atoms with Gasteiger partial charge < -0.3 is 14.8 Å².